The van der Waals surface area contributed by atoms with E-state index in [2.05, 4.69) is 27.2 Å². The number of halogens is 2. The van der Waals surface area contributed by atoms with Gasteiger partial charge in [0.1, 0.15) is 0 Å². The maximum Gasteiger partial charge on any atom is 0.318 e. The lowest BCUT2D eigenvalue weighted by atomic mass is 9.91. The highest BCUT2D eigenvalue weighted by Crippen LogP contribution is 2.30. The van der Waals surface area contributed by atoms with Crippen molar-refractivity contribution in [3.63, 3.8) is 0 Å². The monoisotopic (exact) mass is 342 g/mol. The Hall–Kier alpha value is -1.30. The van der Waals surface area contributed by atoms with Crippen LogP contribution < -0.4 is 10.6 Å². The van der Waals surface area contributed by atoms with Crippen molar-refractivity contribution in [2.75, 3.05) is 24.5 Å². The summed E-state index contributed by atoms with van der Waals surface area (Å²) in [6.07, 6.45) is 2.91. The largest absolute Gasteiger partial charge is 0.408 e. The first-order chi connectivity index (χ1) is 10.3. The Kier molecular flexibility index (Phi) is 6.06. The van der Waals surface area contributed by atoms with Crippen LogP contribution in [-0.4, -0.2) is 29.8 Å². The minimum absolute atomic E-state index is 0. The third-order valence-corrected chi connectivity index (χ3v) is 4.10. The summed E-state index contributed by atoms with van der Waals surface area (Å²) in [6.45, 7) is 2.37. The summed E-state index contributed by atoms with van der Waals surface area (Å²) in [5, 5.41) is 8.94. The second-order valence-corrected chi connectivity index (χ2v) is 5.79. The molecule has 5 nitrogen and oxygen atoms in total. The molecule has 3 rings (SSSR count). The van der Waals surface area contributed by atoms with Crippen LogP contribution in [0.4, 0.5) is 6.01 Å². The van der Waals surface area contributed by atoms with E-state index in [1.807, 2.05) is 12.1 Å². The summed E-state index contributed by atoms with van der Waals surface area (Å²) in [7, 11) is 0. The van der Waals surface area contributed by atoms with Gasteiger partial charge >= 0.3 is 6.01 Å². The number of nitrogens with two attached hydrogens (primary N) is 1. The molecule has 2 aromatic rings. The standard InChI is InChI=1S/C15H19ClN4O.ClH/c16-13-5-3-11(4-6-13)12-2-1-9-20(10-12)15-19-18-14(21-15)7-8-17;/h3-6,12H,1-2,7-10,17H2;1H. The van der Waals surface area contributed by atoms with Crippen LogP contribution >= 0.6 is 24.0 Å². The van der Waals surface area contributed by atoms with Crippen molar-refractivity contribution in [2.45, 2.75) is 25.2 Å². The van der Waals surface area contributed by atoms with Crippen LogP contribution in [-0.2, 0) is 6.42 Å². The van der Waals surface area contributed by atoms with Crippen LogP contribution in [0, 0.1) is 0 Å². The number of benzene rings is 1. The molecule has 0 spiro atoms. The number of hydrogen-bond donors (Lipinski definition) is 1. The predicted molar refractivity (Wildman–Crippen MR) is 89.9 cm³/mol. The van der Waals surface area contributed by atoms with Crippen molar-refractivity contribution in [1.82, 2.24) is 10.2 Å². The molecular formula is C15H20Cl2N4O. The Bertz CT molecular complexity index is 587. The van der Waals surface area contributed by atoms with Gasteiger partial charge < -0.3 is 15.1 Å². The molecule has 1 saturated heterocycles. The normalized spacial score (nSPS) is 18.1. The molecule has 1 aliphatic rings. The second kappa shape index (κ2) is 7.81. The van der Waals surface area contributed by atoms with Crippen LogP contribution in [0.5, 0.6) is 0 Å². The van der Waals surface area contributed by atoms with Gasteiger partial charge in [-0.15, -0.1) is 17.5 Å². The summed E-state index contributed by atoms with van der Waals surface area (Å²) in [4.78, 5) is 2.16. The maximum atomic E-state index is 5.95. The van der Waals surface area contributed by atoms with Gasteiger partial charge in [-0.1, -0.05) is 28.8 Å². The molecular weight excluding hydrogens is 323 g/mol. The van der Waals surface area contributed by atoms with Gasteiger partial charge in [0.25, 0.3) is 0 Å². The topological polar surface area (TPSA) is 68.2 Å². The Morgan fingerprint density at radius 1 is 1.27 bits per heavy atom. The number of piperidine rings is 1. The van der Waals surface area contributed by atoms with Crippen molar-refractivity contribution in [3.8, 4) is 0 Å². The molecule has 0 amide bonds. The second-order valence-electron chi connectivity index (χ2n) is 5.35. The fourth-order valence-electron chi connectivity index (χ4n) is 2.75. The number of anilines is 1. The first-order valence-electron chi connectivity index (χ1n) is 7.29. The minimum atomic E-state index is 0. The van der Waals surface area contributed by atoms with Crippen molar-refractivity contribution in [3.05, 3.63) is 40.7 Å². The lowest BCUT2D eigenvalue weighted by Gasteiger charge is -2.31. The van der Waals surface area contributed by atoms with E-state index in [1.165, 1.54) is 12.0 Å². The zero-order valence-electron chi connectivity index (χ0n) is 12.2. The van der Waals surface area contributed by atoms with Gasteiger partial charge in [0.15, 0.2) is 0 Å². The highest BCUT2D eigenvalue weighted by Gasteiger charge is 2.24. The molecule has 1 aliphatic heterocycles. The third-order valence-electron chi connectivity index (χ3n) is 3.85. The van der Waals surface area contributed by atoms with Crippen LogP contribution in [0.1, 0.15) is 30.2 Å². The van der Waals surface area contributed by atoms with Crippen LogP contribution in [0.2, 0.25) is 5.02 Å². The molecule has 0 radical (unpaired) electrons. The lowest BCUT2D eigenvalue weighted by Crippen LogP contribution is -2.34. The van der Waals surface area contributed by atoms with E-state index in [0.29, 0.717) is 30.8 Å². The van der Waals surface area contributed by atoms with E-state index in [4.69, 9.17) is 21.8 Å². The first-order valence-corrected chi connectivity index (χ1v) is 7.67. The Balaban J connectivity index is 0.00000176. The summed E-state index contributed by atoms with van der Waals surface area (Å²) >= 11 is 5.95. The number of hydrogen-bond acceptors (Lipinski definition) is 5. The SMILES string of the molecule is Cl.NCCc1nnc(N2CCCC(c3ccc(Cl)cc3)C2)o1. The third kappa shape index (κ3) is 3.91. The zero-order chi connectivity index (χ0) is 14.7. The maximum absolute atomic E-state index is 5.95. The highest BCUT2D eigenvalue weighted by atomic mass is 35.5. The molecule has 1 atom stereocenters. The fourth-order valence-corrected chi connectivity index (χ4v) is 2.88. The Morgan fingerprint density at radius 2 is 2.05 bits per heavy atom. The number of rotatable bonds is 4. The van der Waals surface area contributed by atoms with Gasteiger partial charge in [-0.25, -0.2) is 0 Å². The molecule has 1 aromatic carbocycles. The Morgan fingerprint density at radius 3 is 2.77 bits per heavy atom. The van der Waals surface area contributed by atoms with Gasteiger partial charge in [0.2, 0.25) is 5.89 Å². The average Bonchev–Trinajstić information content (AvgIpc) is 2.97. The van der Waals surface area contributed by atoms with E-state index in [1.54, 1.807) is 0 Å². The van der Waals surface area contributed by atoms with E-state index in [0.717, 1.165) is 24.5 Å². The first kappa shape index (κ1) is 17.1. The van der Waals surface area contributed by atoms with E-state index in [9.17, 15) is 0 Å². The van der Waals surface area contributed by atoms with Gasteiger partial charge in [0, 0.05) is 37.0 Å². The zero-order valence-corrected chi connectivity index (χ0v) is 13.8. The quantitative estimate of drug-likeness (QED) is 0.924. The average molecular weight is 343 g/mol. The van der Waals surface area contributed by atoms with Crippen molar-refractivity contribution < 1.29 is 4.42 Å². The van der Waals surface area contributed by atoms with E-state index in [-0.39, 0.29) is 12.4 Å². The van der Waals surface area contributed by atoms with Crippen molar-refractivity contribution >= 4 is 30.0 Å². The molecule has 2 N–H and O–H groups in total. The molecule has 0 bridgehead atoms. The van der Waals surface area contributed by atoms with Crippen LogP contribution in [0.15, 0.2) is 28.7 Å². The van der Waals surface area contributed by atoms with E-state index >= 15 is 0 Å². The molecule has 2 heterocycles. The molecule has 22 heavy (non-hydrogen) atoms. The summed E-state index contributed by atoms with van der Waals surface area (Å²) in [6, 6.07) is 8.70. The summed E-state index contributed by atoms with van der Waals surface area (Å²) in [5.41, 5.74) is 6.82. The van der Waals surface area contributed by atoms with Gasteiger partial charge in [0.05, 0.1) is 0 Å². The molecule has 7 heteroatoms. The summed E-state index contributed by atoms with van der Waals surface area (Å²) in [5.74, 6) is 1.09. The number of nitrogens with zero attached hydrogens (tertiary/aromatic N) is 3. The Labute approximate surface area is 141 Å². The minimum Gasteiger partial charge on any atom is -0.408 e. The smallest absolute Gasteiger partial charge is 0.318 e. The van der Waals surface area contributed by atoms with Gasteiger partial charge in [-0.2, -0.15) is 0 Å². The molecule has 0 aliphatic carbocycles. The lowest BCUT2D eigenvalue weighted by molar-refractivity contribution is 0.441. The van der Waals surface area contributed by atoms with Crippen LogP contribution in [0.25, 0.3) is 0 Å². The van der Waals surface area contributed by atoms with E-state index < -0.39 is 0 Å². The van der Waals surface area contributed by atoms with Crippen molar-refractivity contribution in [1.29, 1.82) is 0 Å². The number of aromatic nitrogens is 2. The predicted octanol–water partition coefficient (Wildman–Crippen LogP) is 3.03. The van der Waals surface area contributed by atoms with Gasteiger partial charge in [-0.3, -0.25) is 0 Å². The molecule has 0 saturated carbocycles. The highest BCUT2D eigenvalue weighted by molar-refractivity contribution is 6.30. The molecule has 120 valence electrons. The van der Waals surface area contributed by atoms with Gasteiger partial charge in [-0.05, 0) is 30.5 Å². The fraction of sp³-hybridized carbons (Fsp3) is 0.467. The molecule has 1 unspecified atom stereocenters. The summed E-state index contributed by atoms with van der Waals surface area (Å²) < 4.78 is 5.67. The molecule has 1 aromatic heterocycles. The molecule has 1 fully saturated rings. The van der Waals surface area contributed by atoms with Crippen LogP contribution in [0.3, 0.4) is 0 Å². The van der Waals surface area contributed by atoms with Crippen molar-refractivity contribution in [2.24, 2.45) is 5.73 Å².